The zero-order valence-corrected chi connectivity index (χ0v) is 22.5. The molecule has 3 heterocycles. The second-order valence-corrected chi connectivity index (χ2v) is 10.4. The Balaban J connectivity index is 1.55. The molecule has 0 fully saturated rings. The lowest BCUT2D eigenvalue weighted by Crippen LogP contribution is -2.35. The highest BCUT2D eigenvalue weighted by molar-refractivity contribution is 5.80. The van der Waals surface area contributed by atoms with Gasteiger partial charge in [-0.2, -0.15) is 0 Å². The van der Waals surface area contributed by atoms with Crippen molar-refractivity contribution in [2.75, 3.05) is 13.4 Å². The Kier molecular flexibility index (Phi) is 7.07. The summed E-state index contributed by atoms with van der Waals surface area (Å²) in [6, 6.07) is 13.5. The summed E-state index contributed by atoms with van der Waals surface area (Å²) in [6.45, 7) is 12.0. The van der Waals surface area contributed by atoms with E-state index in [1.807, 2.05) is 54.1 Å². The molecule has 4 aromatic rings. The monoisotopic (exact) mass is 518 g/mol. The smallest absolute Gasteiger partial charge is 0.252 e. The number of nitrogens with zero attached hydrogens (tertiary/aromatic N) is 5. The summed E-state index contributed by atoms with van der Waals surface area (Å²) in [5.74, 6) is 2.99. The molecule has 10 nitrogen and oxygen atoms in total. The van der Waals surface area contributed by atoms with Crippen molar-refractivity contribution >= 4 is 10.9 Å². The first-order chi connectivity index (χ1) is 18.3. The molecule has 1 aliphatic rings. The molecular weight excluding hydrogens is 484 g/mol. The predicted octanol–water partition coefficient (Wildman–Crippen LogP) is 4.55. The number of tetrazole rings is 1. The van der Waals surface area contributed by atoms with Crippen LogP contribution in [0.15, 0.2) is 47.3 Å². The van der Waals surface area contributed by atoms with Gasteiger partial charge in [-0.15, -0.1) is 5.10 Å². The fourth-order valence-corrected chi connectivity index (χ4v) is 4.86. The number of nitrogens with one attached hydrogen (secondary N) is 1. The molecule has 10 heteroatoms. The maximum Gasteiger partial charge on any atom is 0.252 e. The molecule has 1 unspecified atom stereocenters. The van der Waals surface area contributed by atoms with Crippen molar-refractivity contribution < 1.29 is 14.2 Å². The first-order valence-corrected chi connectivity index (χ1v) is 13.0. The third kappa shape index (κ3) is 5.22. The number of H-pyrrole nitrogens is 1. The molecule has 0 bridgehead atoms. The van der Waals surface area contributed by atoms with Crippen LogP contribution < -0.4 is 19.8 Å². The van der Waals surface area contributed by atoms with Crippen molar-refractivity contribution in [3.63, 3.8) is 0 Å². The molecule has 0 aliphatic carbocycles. The van der Waals surface area contributed by atoms with Gasteiger partial charge in [-0.05, 0) is 86.5 Å². The Morgan fingerprint density at radius 2 is 1.89 bits per heavy atom. The number of rotatable bonds is 9. The highest BCUT2D eigenvalue weighted by atomic mass is 16.7. The first-order valence-electron chi connectivity index (χ1n) is 13.0. The summed E-state index contributed by atoms with van der Waals surface area (Å²) in [6.07, 6.45) is 0.751. The van der Waals surface area contributed by atoms with Crippen LogP contribution in [-0.4, -0.2) is 43.5 Å². The van der Waals surface area contributed by atoms with Crippen molar-refractivity contribution in [3.8, 4) is 17.2 Å². The molecular formula is C28H34N6O4. The van der Waals surface area contributed by atoms with E-state index in [-0.39, 0.29) is 23.9 Å². The minimum Gasteiger partial charge on any atom is -0.494 e. The number of ether oxygens (including phenoxy) is 3. The van der Waals surface area contributed by atoms with Gasteiger partial charge in [0.2, 0.25) is 6.79 Å². The van der Waals surface area contributed by atoms with Crippen LogP contribution in [-0.2, 0) is 18.6 Å². The average Bonchev–Trinajstić information content (AvgIpc) is 3.55. The van der Waals surface area contributed by atoms with Crippen LogP contribution in [0.3, 0.4) is 0 Å². The van der Waals surface area contributed by atoms with Crippen LogP contribution in [0.25, 0.3) is 10.9 Å². The summed E-state index contributed by atoms with van der Waals surface area (Å²) in [5, 5.41) is 13.7. The highest BCUT2D eigenvalue weighted by Gasteiger charge is 2.30. The van der Waals surface area contributed by atoms with Crippen molar-refractivity contribution in [3.05, 3.63) is 69.8 Å². The second-order valence-electron chi connectivity index (χ2n) is 10.4. The van der Waals surface area contributed by atoms with E-state index in [2.05, 4.69) is 53.1 Å². The maximum atomic E-state index is 13.2. The fourth-order valence-electron chi connectivity index (χ4n) is 4.86. The molecule has 1 atom stereocenters. The summed E-state index contributed by atoms with van der Waals surface area (Å²) in [4.78, 5) is 18.5. The van der Waals surface area contributed by atoms with Gasteiger partial charge in [0.05, 0.1) is 18.2 Å². The summed E-state index contributed by atoms with van der Waals surface area (Å²) in [5.41, 5.74) is 2.04. The van der Waals surface area contributed by atoms with Gasteiger partial charge in [0.25, 0.3) is 5.56 Å². The van der Waals surface area contributed by atoms with Crippen LogP contribution in [0.4, 0.5) is 0 Å². The van der Waals surface area contributed by atoms with Crippen molar-refractivity contribution in [2.24, 2.45) is 0 Å². The molecule has 2 aromatic heterocycles. The molecule has 200 valence electrons. The van der Waals surface area contributed by atoms with Gasteiger partial charge < -0.3 is 19.2 Å². The molecule has 38 heavy (non-hydrogen) atoms. The Morgan fingerprint density at radius 3 is 2.66 bits per heavy atom. The lowest BCUT2D eigenvalue weighted by Gasteiger charge is -2.32. The van der Waals surface area contributed by atoms with Gasteiger partial charge in [-0.1, -0.05) is 13.0 Å². The number of benzene rings is 2. The van der Waals surface area contributed by atoms with Gasteiger partial charge >= 0.3 is 0 Å². The quantitative estimate of drug-likeness (QED) is 0.344. The number of pyridine rings is 1. The molecule has 1 N–H and O–H groups in total. The molecule has 0 amide bonds. The van der Waals surface area contributed by atoms with Crippen molar-refractivity contribution in [1.82, 2.24) is 30.1 Å². The normalized spacial score (nSPS) is 13.8. The van der Waals surface area contributed by atoms with E-state index in [4.69, 9.17) is 14.2 Å². The standard InChI is InChI=1S/C28H34N6O4/c1-6-23(26-30-31-32-34(26)28(3,4)5)33(15-18-8-11-24-25(12-18)38-17-37-24)16-20-13-19-14-21(36-7-2)9-10-22(19)29-27(20)35/h8-14,23H,6-7,15-17H2,1-5H3,(H,29,35). The zero-order chi connectivity index (χ0) is 26.9. The zero-order valence-electron chi connectivity index (χ0n) is 22.5. The SMILES string of the molecule is CCOc1ccc2[nH]c(=O)c(CN(Cc3ccc4c(c3)OCO4)C(CC)c3nnnn3C(C)(C)C)cc2c1. The Morgan fingerprint density at radius 1 is 1.08 bits per heavy atom. The van der Waals surface area contributed by atoms with Gasteiger partial charge in [0, 0.05) is 29.6 Å². The third-order valence-corrected chi connectivity index (χ3v) is 6.65. The lowest BCUT2D eigenvalue weighted by molar-refractivity contribution is 0.153. The Bertz CT molecular complexity index is 1490. The summed E-state index contributed by atoms with van der Waals surface area (Å²) < 4.78 is 18.7. The fraction of sp³-hybridized carbons (Fsp3) is 0.429. The maximum absolute atomic E-state index is 13.2. The number of aromatic amines is 1. The Hall–Kier alpha value is -3.92. The van der Waals surface area contributed by atoms with E-state index in [0.29, 0.717) is 25.3 Å². The number of hydrogen-bond acceptors (Lipinski definition) is 8. The largest absolute Gasteiger partial charge is 0.494 e. The third-order valence-electron chi connectivity index (χ3n) is 6.65. The number of fused-ring (bicyclic) bond motifs is 2. The molecule has 0 saturated carbocycles. The van der Waals surface area contributed by atoms with Crippen LogP contribution in [0.1, 0.15) is 64.0 Å². The van der Waals surface area contributed by atoms with Crippen LogP contribution in [0.2, 0.25) is 0 Å². The predicted molar refractivity (Wildman–Crippen MR) is 143 cm³/mol. The van der Waals surface area contributed by atoms with Crippen molar-refractivity contribution in [1.29, 1.82) is 0 Å². The van der Waals surface area contributed by atoms with Gasteiger partial charge in [-0.25, -0.2) is 4.68 Å². The molecule has 2 aromatic carbocycles. The van der Waals surface area contributed by atoms with E-state index in [0.717, 1.165) is 46.0 Å². The van der Waals surface area contributed by atoms with Crippen LogP contribution in [0.5, 0.6) is 17.2 Å². The minimum atomic E-state index is -0.299. The number of aromatic nitrogens is 5. The summed E-state index contributed by atoms with van der Waals surface area (Å²) in [7, 11) is 0. The molecule has 5 rings (SSSR count). The molecule has 0 saturated heterocycles. The van der Waals surface area contributed by atoms with E-state index in [1.165, 1.54) is 0 Å². The average molecular weight is 519 g/mol. The Labute approximate surface area is 221 Å². The summed E-state index contributed by atoms with van der Waals surface area (Å²) >= 11 is 0. The van der Waals surface area contributed by atoms with E-state index in [1.54, 1.807) is 0 Å². The molecule has 0 radical (unpaired) electrons. The van der Waals surface area contributed by atoms with Gasteiger partial charge in [-0.3, -0.25) is 9.69 Å². The van der Waals surface area contributed by atoms with E-state index >= 15 is 0 Å². The molecule has 0 spiro atoms. The second kappa shape index (κ2) is 10.4. The highest BCUT2D eigenvalue weighted by Crippen LogP contribution is 2.35. The topological polar surface area (TPSA) is 107 Å². The first kappa shape index (κ1) is 25.7. The van der Waals surface area contributed by atoms with E-state index in [9.17, 15) is 4.79 Å². The minimum absolute atomic E-state index is 0.123. The number of hydrogen-bond donors (Lipinski definition) is 1. The van der Waals surface area contributed by atoms with Gasteiger partial charge in [0.1, 0.15) is 5.75 Å². The van der Waals surface area contributed by atoms with Crippen molar-refractivity contribution in [2.45, 2.75) is 65.7 Å². The van der Waals surface area contributed by atoms with Gasteiger partial charge in [0.15, 0.2) is 17.3 Å². The van der Waals surface area contributed by atoms with Crippen LogP contribution in [0, 0.1) is 0 Å². The van der Waals surface area contributed by atoms with Crippen LogP contribution >= 0.6 is 0 Å². The molecule has 1 aliphatic heterocycles. The lowest BCUT2D eigenvalue weighted by atomic mass is 10.0. The van der Waals surface area contributed by atoms with E-state index < -0.39 is 0 Å².